The second-order valence-corrected chi connectivity index (χ2v) is 5.65. The highest BCUT2D eigenvalue weighted by Crippen LogP contribution is 2.16. The number of unbranched alkanes of at least 4 members (excludes halogenated alkanes) is 4. The summed E-state index contributed by atoms with van der Waals surface area (Å²) in [5, 5.41) is 0. The van der Waals surface area contributed by atoms with Crippen LogP contribution in [0.25, 0.3) is 0 Å². The van der Waals surface area contributed by atoms with E-state index >= 15 is 0 Å². The molecule has 144 valence electrons. The van der Waals surface area contributed by atoms with Crippen LogP contribution in [0.4, 0.5) is 0 Å². The van der Waals surface area contributed by atoms with Crippen LogP contribution in [0.15, 0.2) is 0 Å². The molecule has 0 heterocycles. The van der Waals surface area contributed by atoms with E-state index in [9.17, 15) is 0 Å². The van der Waals surface area contributed by atoms with Gasteiger partial charge in [-0.25, -0.2) is 0 Å². The molecule has 0 amide bonds. The molecule has 22 heavy (non-hydrogen) atoms. The zero-order valence-corrected chi connectivity index (χ0v) is 19.1. The van der Waals surface area contributed by atoms with E-state index in [2.05, 4.69) is 27.7 Å². The summed E-state index contributed by atoms with van der Waals surface area (Å²) in [6, 6.07) is 0. The minimum absolute atomic E-state index is 0. The Bertz CT molecular complexity index is 133. The van der Waals surface area contributed by atoms with Crippen molar-refractivity contribution in [1.29, 1.82) is 0 Å². The van der Waals surface area contributed by atoms with E-state index in [1.807, 2.05) is 0 Å². The molecular formula is C16H41Cl5N+. The largest absolute Gasteiger partial charge is 0.324 e. The molecule has 0 saturated heterocycles. The standard InChI is InChI=1S/C16H36N.5ClH/c1-5-9-13-17(14-10-6-2,15-11-7-3)16-12-8-4;;;;;/h5-16H2,1-4H3;5*1H/q+1;;;;;. The van der Waals surface area contributed by atoms with Crippen LogP contribution in [0.2, 0.25) is 0 Å². The van der Waals surface area contributed by atoms with Gasteiger partial charge in [0.1, 0.15) is 0 Å². The molecule has 0 saturated carbocycles. The number of halogens is 5. The van der Waals surface area contributed by atoms with Crippen molar-refractivity contribution in [1.82, 2.24) is 0 Å². The first kappa shape index (κ1) is 38.8. The number of hydrogen-bond donors (Lipinski definition) is 0. The molecule has 0 aromatic rings. The Hall–Kier alpha value is 1.41. The molecule has 0 aliphatic rings. The highest BCUT2D eigenvalue weighted by Gasteiger charge is 2.24. The van der Waals surface area contributed by atoms with Crippen molar-refractivity contribution in [3.05, 3.63) is 0 Å². The predicted molar refractivity (Wildman–Crippen MR) is 116 cm³/mol. The molecule has 6 heteroatoms. The van der Waals surface area contributed by atoms with Gasteiger partial charge in [-0.05, 0) is 25.7 Å². The van der Waals surface area contributed by atoms with Gasteiger partial charge in [0, 0.05) is 0 Å². The molecule has 1 nitrogen and oxygen atoms in total. The maximum atomic E-state index is 2.33. The van der Waals surface area contributed by atoms with Crippen molar-refractivity contribution in [2.45, 2.75) is 79.1 Å². The van der Waals surface area contributed by atoms with E-state index in [0.29, 0.717) is 0 Å². The Labute approximate surface area is 171 Å². The second-order valence-electron chi connectivity index (χ2n) is 5.65. The van der Waals surface area contributed by atoms with E-state index in [0.717, 1.165) is 0 Å². The van der Waals surface area contributed by atoms with Gasteiger partial charge in [0.15, 0.2) is 0 Å². The van der Waals surface area contributed by atoms with Crippen molar-refractivity contribution in [3.63, 3.8) is 0 Å². The quantitative estimate of drug-likeness (QED) is 0.293. The molecule has 0 N–H and O–H groups in total. The van der Waals surface area contributed by atoms with Gasteiger partial charge in [-0.3, -0.25) is 0 Å². The smallest absolute Gasteiger partial charge is 0.0786 e. The highest BCUT2D eigenvalue weighted by molar-refractivity contribution is 5.86. The molecule has 0 aliphatic carbocycles. The molecule has 0 fully saturated rings. The second kappa shape index (κ2) is 27.3. The van der Waals surface area contributed by atoms with E-state index < -0.39 is 0 Å². The summed E-state index contributed by atoms with van der Waals surface area (Å²) in [5.41, 5.74) is 0. The van der Waals surface area contributed by atoms with Gasteiger partial charge in [-0.15, -0.1) is 62.0 Å². The van der Waals surface area contributed by atoms with Gasteiger partial charge in [0.2, 0.25) is 0 Å². The van der Waals surface area contributed by atoms with Gasteiger partial charge in [0.05, 0.1) is 26.2 Å². The zero-order valence-electron chi connectivity index (χ0n) is 15.0. The van der Waals surface area contributed by atoms with E-state index in [1.165, 1.54) is 82.0 Å². The lowest BCUT2D eigenvalue weighted by Crippen LogP contribution is -2.50. The first-order valence-electron chi connectivity index (χ1n) is 8.09. The third-order valence-electron chi connectivity index (χ3n) is 3.94. The summed E-state index contributed by atoms with van der Waals surface area (Å²) in [7, 11) is 0. The highest BCUT2D eigenvalue weighted by atomic mass is 35.5. The van der Waals surface area contributed by atoms with Gasteiger partial charge < -0.3 is 4.48 Å². The number of rotatable bonds is 12. The lowest BCUT2D eigenvalue weighted by atomic mass is 10.1. The molecule has 0 aromatic heterocycles. The van der Waals surface area contributed by atoms with Crippen molar-refractivity contribution in [2.24, 2.45) is 0 Å². The van der Waals surface area contributed by atoms with Crippen LogP contribution >= 0.6 is 62.0 Å². The van der Waals surface area contributed by atoms with Crippen molar-refractivity contribution >= 4 is 62.0 Å². The summed E-state index contributed by atoms with van der Waals surface area (Å²) in [6.45, 7) is 15.0. The van der Waals surface area contributed by atoms with Crippen LogP contribution in [0.3, 0.4) is 0 Å². The van der Waals surface area contributed by atoms with Gasteiger partial charge in [-0.1, -0.05) is 53.4 Å². The normalized spacial score (nSPS) is 9.27. The van der Waals surface area contributed by atoms with Crippen LogP contribution in [0, 0.1) is 0 Å². The number of hydrogen-bond acceptors (Lipinski definition) is 0. The Morgan fingerprint density at radius 3 is 0.727 bits per heavy atom. The molecule has 0 atom stereocenters. The first-order valence-corrected chi connectivity index (χ1v) is 8.09. The molecule has 0 rings (SSSR count). The van der Waals surface area contributed by atoms with E-state index in [-0.39, 0.29) is 62.0 Å². The van der Waals surface area contributed by atoms with Crippen molar-refractivity contribution in [3.8, 4) is 0 Å². The number of nitrogens with zero attached hydrogens (tertiary/aromatic N) is 1. The minimum Gasteiger partial charge on any atom is -0.324 e. The van der Waals surface area contributed by atoms with Gasteiger partial charge >= 0.3 is 0 Å². The molecule has 0 spiro atoms. The minimum atomic E-state index is 0. The van der Waals surface area contributed by atoms with Gasteiger partial charge in [0.25, 0.3) is 0 Å². The SMILES string of the molecule is CCCC[N+](CCCC)(CCCC)CCCC.Cl.Cl.Cl.Cl.Cl. The molecular weight excluding hydrogens is 383 g/mol. The summed E-state index contributed by atoms with van der Waals surface area (Å²) in [5.74, 6) is 0. The van der Waals surface area contributed by atoms with Crippen LogP contribution < -0.4 is 0 Å². The molecule has 0 radical (unpaired) electrons. The van der Waals surface area contributed by atoms with E-state index in [4.69, 9.17) is 0 Å². The maximum Gasteiger partial charge on any atom is 0.0786 e. The average Bonchev–Trinajstić information content (AvgIpc) is 2.37. The summed E-state index contributed by atoms with van der Waals surface area (Å²) in [4.78, 5) is 0. The maximum absolute atomic E-state index is 2.33. The fourth-order valence-electron chi connectivity index (χ4n) is 2.64. The molecule has 0 aromatic carbocycles. The topological polar surface area (TPSA) is 0 Å². The summed E-state index contributed by atoms with van der Waals surface area (Å²) in [6.07, 6.45) is 11.1. The molecule has 0 bridgehead atoms. The fourth-order valence-corrected chi connectivity index (χ4v) is 2.64. The van der Waals surface area contributed by atoms with E-state index in [1.54, 1.807) is 0 Å². The molecule has 0 unspecified atom stereocenters. The monoisotopic (exact) mass is 422 g/mol. The third-order valence-corrected chi connectivity index (χ3v) is 3.94. The Morgan fingerprint density at radius 1 is 0.409 bits per heavy atom. The lowest BCUT2D eigenvalue weighted by Gasteiger charge is -2.39. The van der Waals surface area contributed by atoms with Crippen molar-refractivity contribution < 1.29 is 4.48 Å². The predicted octanol–water partition coefficient (Wildman–Crippen LogP) is 7.11. The zero-order chi connectivity index (χ0) is 13.0. The Balaban J connectivity index is -0.000000128. The summed E-state index contributed by atoms with van der Waals surface area (Å²) < 4.78 is 1.42. The van der Waals surface area contributed by atoms with Gasteiger partial charge in [-0.2, -0.15) is 0 Å². The van der Waals surface area contributed by atoms with Crippen LogP contribution in [0.1, 0.15) is 79.1 Å². The fraction of sp³-hybridized carbons (Fsp3) is 1.00. The first-order chi connectivity index (χ1) is 8.24. The number of quaternary nitrogens is 1. The Kier molecular flexibility index (Phi) is 48.1. The lowest BCUT2D eigenvalue weighted by molar-refractivity contribution is -0.929. The van der Waals surface area contributed by atoms with Crippen LogP contribution in [0.5, 0.6) is 0 Å². The van der Waals surface area contributed by atoms with Crippen molar-refractivity contribution in [2.75, 3.05) is 26.2 Å². The van der Waals surface area contributed by atoms with Crippen LogP contribution in [-0.2, 0) is 0 Å². The third kappa shape index (κ3) is 19.5. The average molecular weight is 425 g/mol. The summed E-state index contributed by atoms with van der Waals surface area (Å²) >= 11 is 0. The van der Waals surface area contributed by atoms with Crippen LogP contribution in [-0.4, -0.2) is 30.7 Å². The molecule has 0 aliphatic heterocycles. The Morgan fingerprint density at radius 2 is 0.591 bits per heavy atom.